The molecule has 1 aliphatic carbocycles. The van der Waals surface area contributed by atoms with Crippen molar-refractivity contribution in [2.24, 2.45) is 0 Å². The fourth-order valence-electron chi connectivity index (χ4n) is 2.99. The monoisotopic (exact) mass is 254 g/mol. The molecule has 3 unspecified atom stereocenters. The van der Waals surface area contributed by atoms with E-state index in [1.165, 1.54) is 12.8 Å². The molecule has 1 heterocycles. The molecule has 4 heteroatoms. The summed E-state index contributed by atoms with van der Waals surface area (Å²) in [7, 11) is 0. The quantitative estimate of drug-likeness (QED) is 0.696. The zero-order valence-corrected chi connectivity index (χ0v) is 11.2. The topological polar surface area (TPSA) is 61.4 Å². The SMILES string of the molecule is O=C(NC1CCCCC1O)C1CCCCCCN1. The highest BCUT2D eigenvalue weighted by atomic mass is 16.3. The lowest BCUT2D eigenvalue weighted by Gasteiger charge is -2.30. The molecule has 18 heavy (non-hydrogen) atoms. The molecule has 1 saturated carbocycles. The molecule has 0 aromatic rings. The van der Waals surface area contributed by atoms with E-state index in [1.807, 2.05) is 0 Å². The van der Waals surface area contributed by atoms with Gasteiger partial charge in [-0.15, -0.1) is 0 Å². The van der Waals surface area contributed by atoms with Crippen LogP contribution in [0.25, 0.3) is 0 Å². The number of rotatable bonds is 2. The molecule has 4 nitrogen and oxygen atoms in total. The van der Waals surface area contributed by atoms with Gasteiger partial charge in [-0.25, -0.2) is 0 Å². The maximum absolute atomic E-state index is 12.2. The van der Waals surface area contributed by atoms with Gasteiger partial charge in [-0.2, -0.15) is 0 Å². The smallest absolute Gasteiger partial charge is 0.237 e. The van der Waals surface area contributed by atoms with Gasteiger partial charge in [0.25, 0.3) is 0 Å². The first-order valence-corrected chi connectivity index (χ1v) is 7.49. The van der Waals surface area contributed by atoms with E-state index in [0.29, 0.717) is 0 Å². The van der Waals surface area contributed by atoms with Crippen molar-refractivity contribution in [2.75, 3.05) is 6.54 Å². The number of nitrogens with one attached hydrogen (secondary N) is 2. The average molecular weight is 254 g/mol. The van der Waals surface area contributed by atoms with Crippen LogP contribution in [-0.4, -0.2) is 35.7 Å². The molecule has 104 valence electrons. The summed E-state index contributed by atoms with van der Waals surface area (Å²) in [5.74, 6) is 0.0860. The number of carbonyl (C=O) groups excluding carboxylic acids is 1. The Morgan fingerprint density at radius 2 is 1.72 bits per heavy atom. The van der Waals surface area contributed by atoms with E-state index in [1.54, 1.807) is 0 Å². The molecule has 1 saturated heterocycles. The van der Waals surface area contributed by atoms with Gasteiger partial charge in [0.1, 0.15) is 0 Å². The highest BCUT2D eigenvalue weighted by molar-refractivity contribution is 5.82. The number of aliphatic hydroxyl groups excluding tert-OH is 1. The van der Waals surface area contributed by atoms with Crippen LogP contribution >= 0.6 is 0 Å². The van der Waals surface area contributed by atoms with Gasteiger partial charge < -0.3 is 15.7 Å². The Bertz CT molecular complexity index is 263. The molecule has 2 fully saturated rings. The minimum atomic E-state index is -0.351. The van der Waals surface area contributed by atoms with E-state index in [-0.39, 0.29) is 24.1 Å². The largest absolute Gasteiger partial charge is 0.391 e. The fourth-order valence-corrected chi connectivity index (χ4v) is 2.99. The van der Waals surface area contributed by atoms with Crippen molar-refractivity contribution in [2.45, 2.75) is 76.0 Å². The van der Waals surface area contributed by atoms with E-state index < -0.39 is 0 Å². The highest BCUT2D eigenvalue weighted by Gasteiger charge is 2.27. The third-order valence-corrected chi connectivity index (χ3v) is 4.18. The van der Waals surface area contributed by atoms with E-state index in [9.17, 15) is 9.90 Å². The third kappa shape index (κ3) is 3.95. The van der Waals surface area contributed by atoms with Crippen molar-refractivity contribution >= 4 is 5.91 Å². The zero-order valence-electron chi connectivity index (χ0n) is 11.2. The van der Waals surface area contributed by atoms with E-state index >= 15 is 0 Å². The van der Waals surface area contributed by atoms with Crippen LogP contribution in [0, 0.1) is 0 Å². The van der Waals surface area contributed by atoms with Crippen LogP contribution in [0.4, 0.5) is 0 Å². The summed E-state index contributed by atoms with van der Waals surface area (Å²) in [6.45, 7) is 0.936. The van der Waals surface area contributed by atoms with Crippen LogP contribution in [0.3, 0.4) is 0 Å². The van der Waals surface area contributed by atoms with Crippen LogP contribution < -0.4 is 10.6 Å². The highest BCUT2D eigenvalue weighted by Crippen LogP contribution is 2.19. The summed E-state index contributed by atoms with van der Waals surface area (Å²) >= 11 is 0. The molecule has 2 rings (SSSR count). The minimum absolute atomic E-state index is 0.0292. The molecule has 0 aromatic carbocycles. The summed E-state index contributed by atoms with van der Waals surface area (Å²) < 4.78 is 0. The number of aliphatic hydroxyl groups is 1. The first-order chi connectivity index (χ1) is 8.77. The molecule has 0 aromatic heterocycles. The molecule has 1 aliphatic heterocycles. The molecule has 2 aliphatic rings. The summed E-state index contributed by atoms with van der Waals surface area (Å²) in [6, 6.07) is -0.0853. The van der Waals surface area contributed by atoms with Crippen LogP contribution in [-0.2, 0) is 4.79 Å². The summed E-state index contributed by atoms with van der Waals surface area (Å²) in [6.07, 6.45) is 9.29. The summed E-state index contributed by atoms with van der Waals surface area (Å²) in [5.41, 5.74) is 0. The van der Waals surface area contributed by atoms with E-state index in [2.05, 4.69) is 10.6 Å². The molecule has 1 amide bonds. The second-order valence-electron chi connectivity index (χ2n) is 5.68. The fraction of sp³-hybridized carbons (Fsp3) is 0.929. The summed E-state index contributed by atoms with van der Waals surface area (Å²) in [5, 5.41) is 16.2. The van der Waals surface area contributed by atoms with Crippen LogP contribution in [0.2, 0.25) is 0 Å². The van der Waals surface area contributed by atoms with Gasteiger partial charge in [0, 0.05) is 0 Å². The van der Waals surface area contributed by atoms with Crippen molar-refractivity contribution in [3.63, 3.8) is 0 Å². The van der Waals surface area contributed by atoms with Gasteiger partial charge in [-0.3, -0.25) is 4.79 Å². The Morgan fingerprint density at radius 1 is 1.00 bits per heavy atom. The molecule has 3 N–H and O–H groups in total. The second-order valence-corrected chi connectivity index (χ2v) is 5.68. The van der Waals surface area contributed by atoms with Crippen molar-refractivity contribution in [1.29, 1.82) is 0 Å². The number of hydrogen-bond donors (Lipinski definition) is 3. The first kappa shape index (κ1) is 13.8. The van der Waals surface area contributed by atoms with Crippen molar-refractivity contribution < 1.29 is 9.90 Å². The lowest BCUT2D eigenvalue weighted by atomic mass is 9.92. The Kier molecular flexibility index (Phi) is 5.45. The van der Waals surface area contributed by atoms with Gasteiger partial charge >= 0.3 is 0 Å². The van der Waals surface area contributed by atoms with Gasteiger partial charge in [-0.1, -0.05) is 32.1 Å². The molecule has 0 spiro atoms. The lowest BCUT2D eigenvalue weighted by molar-refractivity contribution is -0.125. The van der Waals surface area contributed by atoms with Crippen LogP contribution in [0.15, 0.2) is 0 Å². The number of amides is 1. The molecular formula is C14H26N2O2. The average Bonchev–Trinajstić information content (AvgIpc) is 2.31. The predicted octanol–water partition coefficient (Wildman–Crippen LogP) is 1.33. The standard InChI is InChI=1S/C14H26N2O2/c17-13-9-5-4-7-11(13)16-14(18)12-8-3-1-2-6-10-15-12/h11-13,15,17H,1-10H2,(H,16,18). The summed E-state index contributed by atoms with van der Waals surface area (Å²) in [4.78, 5) is 12.2. The van der Waals surface area contributed by atoms with Crippen molar-refractivity contribution in [3.8, 4) is 0 Å². The predicted molar refractivity (Wildman–Crippen MR) is 71.3 cm³/mol. The Hall–Kier alpha value is -0.610. The Labute approximate surface area is 110 Å². The maximum Gasteiger partial charge on any atom is 0.237 e. The first-order valence-electron chi connectivity index (χ1n) is 7.49. The van der Waals surface area contributed by atoms with Gasteiger partial charge in [0.05, 0.1) is 18.2 Å². The third-order valence-electron chi connectivity index (χ3n) is 4.18. The van der Waals surface area contributed by atoms with E-state index in [0.717, 1.165) is 51.5 Å². The molecular weight excluding hydrogens is 228 g/mol. The molecule has 0 bridgehead atoms. The Balaban J connectivity index is 1.81. The molecule has 0 radical (unpaired) electrons. The van der Waals surface area contributed by atoms with Crippen LogP contribution in [0.5, 0.6) is 0 Å². The van der Waals surface area contributed by atoms with Crippen molar-refractivity contribution in [1.82, 2.24) is 10.6 Å². The van der Waals surface area contributed by atoms with E-state index in [4.69, 9.17) is 0 Å². The molecule has 3 atom stereocenters. The maximum atomic E-state index is 12.2. The van der Waals surface area contributed by atoms with Gasteiger partial charge in [-0.05, 0) is 32.2 Å². The number of carbonyl (C=O) groups is 1. The normalized spacial score (nSPS) is 34.4. The minimum Gasteiger partial charge on any atom is -0.391 e. The number of hydrogen-bond acceptors (Lipinski definition) is 3. The van der Waals surface area contributed by atoms with Crippen molar-refractivity contribution in [3.05, 3.63) is 0 Å². The van der Waals surface area contributed by atoms with Crippen LogP contribution in [0.1, 0.15) is 57.8 Å². The second kappa shape index (κ2) is 7.10. The lowest BCUT2D eigenvalue weighted by Crippen LogP contribution is -2.52. The van der Waals surface area contributed by atoms with Gasteiger partial charge in [0.15, 0.2) is 0 Å². The Morgan fingerprint density at radius 3 is 2.56 bits per heavy atom. The zero-order chi connectivity index (χ0) is 12.8. The van der Waals surface area contributed by atoms with Gasteiger partial charge in [0.2, 0.25) is 5.91 Å².